The summed E-state index contributed by atoms with van der Waals surface area (Å²) >= 11 is 0. The van der Waals surface area contributed by atoms with Gasteiger partial charge in [-0.2, -0.15) is 0 Å². The Morgan fingerprint density at radius 2 is 2.09 bits per heavy atom. The second kappa shape index (κ2) is 6.56. The van der Waals surface area contributed by atoms with Gasteiger partial charge in [0.2, 0.25) is 0 Å². The number of hydrogen-bond acceptors (Lipinski definition) is 2. The molecule has 23 heavy (non-hydrogen) atoms. The monoisotopic (exact) mass is 311 g/mol. The second-order valence-corrected chi connectivity index (χ2v) is 5.48. The fourth-order valence-corrected chi connectivity index (χ4v) is 2.72. The number of nitrogens with zero attached hydrogens (tertiary/aromatic N) is 2. The maximum Gasteiger partial charge on any atom is 0.315 e. The number of hydrogen-bond donors (Lipinski definition) is 3. The number of aryl methyl sites for hydroxylation is 1. The van der Waals surface area contributed by atoms with Crippen molar-refractivity contribution in [1.29, 1.82) is 0 Å². The zero-order valence-electron chi connectivity index (χ0n) is 13.4. The molecule has 0 spiro atoms. The van der Waals surface area contributed by atoms with Gasteiger partial charge in [-0.25, -0.2) is 9.78 Å². The van der Waals surface area contributed by atoms with Crippen molar-refractivity contribution in [2.45, 2.75) is 33.5 Å². The molecule has 0 saturated carbocycles. The Bertz CT molecular complexity index is 817. The van der Waals surface area contributed by atoms with Crippen molar-refractivity contribution >= 4 is 16.9 Å². The smallest absolute Gasteiger partial charge is 0.315 e. The Hall–Kier alpha value is -2.76. The van der Waals surface area contributed by atoms with Crippen LogP contribution >= 0.6 is 0 Å². The number of urea groups is 1. The highest BCUT2D eigenvalue weighted by molar-refractivity contribution is 5.80. The molecule has 2 heterocycles. The molecule has 0 saturated heterocycles. The number of benzene rings is 1. The number of H-pyrrole nitrogens is 1. The van der Waals surface area contributed by atoms with Crippen LogP contribution in [0.15, 0.2) is 36.7 Å². The van der Waals surface area contributed by atoms with Crippen LogP contribution in [0.25, 0.3) is 10.9 Å². The molecule has 0 unspecified atom stereocenters. The molecular weight excluding hydrogens is 290 g/mol. The van der Waals surface area contributed by atoms with E-state index in [1.165, 1.54) is 0 Å². The molecule has 0 aliphatic carbocycles. The molecule has 0 aliphatic rings. The summed E-state index contributed by atoms with van der Waals surface area (Å²) in [7, 11) is 0. The first-order chi connectivity index (χ1) is 11.2. The summed E-state index contributed by atoms with van der Waals surface area (Å²) in [5.41, 5.74) is 3.18. The van der Waals surface area contributed by atoms with Gasteiger partial charge >= 0.3 is 6.03 Å². The van der Waals surface area contributed by atoms with E-state index in [9.17, 15) is 4.79 Å². The fraction of sp³-hybridized carbons (Fsp3) is 0.294. The van der Waals surface area contributed by atoms with E-state index in [4.69, 9.17) is 0 Å². The van der Waals surface area contributed by atoms with Gasteiger partial charge in [0.15, 0.2) is 0 Å². The molecule has 0 aliphatic heterocycles. The van der Waals surface area contributed by atoms with E-state index in [0.29, 0.717) is 13.1 Å². The molecule has 3 aromatic rings. The van der Waals surface area contributed by atoms with Gasteiger partial charge in [0.05, 0.1) is 18.4 Å². The zero-order chi connectivity index (χ0) is 16.2. The Kier molecular flexibility index (Phi) is 4.32. The normalized spacial score (nSPS) is 10.9. The Labute approximate surface area is 134 Å². The molecule has 3 rings (SSSR count). The van der Waals surface area contributed by atoms with Crippen molar-refractivity contribution in [2.24, 2.45) is 0 Å². The highest BCUT2D eigenvalue weighted by Gasteiger charge is 2.07. The van der Waals surface area contributed by atoms with Crippen LogP contribution in [0.4, 0.5) is 4.79 Å². The van der Waals surface area contributed by atoms with Crippen molar-refractivity contribution in [3.8, 4) is 0 Å². The average Bonchev–Trinajstić information content (AvgIpc) is 3.16. The molecule has 6 heteroatoms. The number of nitrogens with one attached hydrogen (secondary N) is 3. The molecule has 0 radical (unpaired) electrons. The van der Waals surface area contributed by atoms with Gasteiger partial charge in [0.25, 0.3) is 0 Å². The molecule has 6 nitrogen and oxygen atoms in total. The van der Waals surface area contributed by atoms with Gasteiger partial charge in [0, 0.05) is 24.8 Å². The van der Waals surface area contributed by atoms with E-state index in [0.717, 1.165) is 34.5 Å². The van der Waals surface area contributed by atoms with Crippen molar-refractivity contribution in [2.75, 3.05) is 0 Å². The minimum atomic E-state index is -0.180. The standard InChI is InChI=1S/C17H21N5O/c1-3-22-12(2)19-10-15(22)11-21-17(23)20-9-13-4-5-16-14(8-13)6-7-18-16/h4-8,10,18H,3,9,11H2,1-2H3,(H2,20,21,23). The number of fused-ring (bicyclic) bond motifs is 1. The number of carbonyl (C=O) groups excluding carboxylic acids is 1. The minimum Gasteiger partial charge on any atom is -0.361 e. The van der Waals surface area contributed by atoms with Gasteiger partial charge in [0.1, 0.15) is 5.82 Å². The van der Waals surface area contributed by atoms with Crippen LogP contribution in [0.3, 0.4) is 0 Å². The second-order valence-electron chi connectivity index (χ2n) is 5.48. The van der Waals surface area contributed by atoms with Crippen molar-refractivity contribution < 1.29 is 4.79 Å². The summed E-state index contributed by atoms with van der Waals surface area (Å²) in [5.74, 6) is 0.963. The molecule has 0 bridgehead atoms. The van der Waals surface area contributed by atoms with E-state index in [1.807, 2.05) is 31.3 Å². The zero-order valence-corrected chi connectivity index (χ0v) is 13.4. The van der Waals surface area contributed by atoms with Crippen LogP contribution < -0.4 is 10.6 Å². The van der Waals surface area contributed by atoms with Gasteiger partial charge in [-0.1, -0.05) is 6.07 Å². The van der Waals surface area contributed by atoms with Crippen LogP contribution in [0, 0.1) is 6.92 Å². The summed E-state index contributed by atoms with van der Waals surface area (Å²) in [5, 5.41) is 6.90. The lowest BCUT2D eigenvalue weighted by molar-refractivity contribution is 0.240. The number of imidazole rings is 1. The summed E-state index contributed by atoms with van der Waals surface area (Å²) < 4.78 is 2.08. The fourth-order valence-electron chi connectivity index (χ4n) is 2.72. The first kappa shape index (κ1) is 15.1. The van der Waals surface area contributed by atoms with Gasteiger partial charge in [-0.3, -0.25) is 0 Å². The lowest BCUT2D eigenvalue weighted by atomic mass is 10.1. The molecule has 1 aromatic carbocycles. The van der Waals surface area contributed by atoms with E-state index in [-0.39, 0.29) is 6.03 Å². The number of amides is 2. The summed E-state index contributed by atoms with van der Waals surface area (Å²) in [4.78, 5) is 19.4. The number of rotatable bonds is 5. The Balaban J connectivity index is 1.53. The first-order valence-electron chi connectivity index (χ1n) is 7.76. The maximum atomic E-state index is 12.0. The number of carbonyl (C=O) groups is 1. The Morgan fingerprint density at radius 1 is 1.26 bits per heavy atom. The van der Waals surface area contributed by atoms with Crippen molar-refractivity contribution in [3.63, 3.8) is 0 Å². The predicted octanol–water partition coefficient (Wildman–Crippen LogP) is 2.69. The lowest BCUT2D eigenvalue weighted by Crippen LogP contribution is -2.35. The lowest BCUT2D eigenvalue weighted by Gasteiger charge is -2.10. The third kappa shape index (κ3) is 3.36. The maximum absolute atomic E-state index is 12.0. The summed E-state index contributed by atoms with van der Waals surface area (Å²) in [6.07, 6.45) is 3.71. The predicted molar refractivity (Wildman–Crippen MR) is 90.0 cm³/mol. The quantitative estimate of drug-likeness (QED) is 0.677. The van der Waals surface area contributed by atoms with Crippen LogP contribution in [0.1, 0.15) is 24.0 Å². The van der Waals surface area contributed by atoms with Crippen molar-refractivity contribution in [3.05, 3.63) is 53.7 Å². The SMILES string of the molecule is CCn1c(CNC(=O)NCc2ccc3[nH]ccc3c2)cnc1C. The van der Waals surface area contributed by atoms with E-state index < -0.39 is 0 Å². The van der Waals surface area contributed by atoms with Crippen LogP contribution in [-0.4, -0.2) is 20.6 Å². The van der Waals surface area contributed by atoms with Gasteiger partial charge in [-0.15, -0.1) is 0 Å². The molecule has 2 amide bonds. The highest BCUT2D eigenvalue weighted by atomic mass is 16.2. The Morgan fingerprint density at radius 3 is 2.91 bits per heavy atom. The van der Waals surface area contributed by atoms with Crippen LogP contribution in [-0.2, 0) is 19.6 Å². The number of aromatic nitrogens is 3. The molecule has 120 valence electrons. The van der Waals surface area contributed by atoms with Crippen LogP contribution in [0.2, 0.25) is 0 Å². The van der Waals surface area contributed by atoms with E-state index in [1.54, 1.807) is 6.20 Å². The number of aromatic amines is 1. The third-order valence-corrected chi connectivity index (χ3v) is 3.95. The molecule has 0 atom stereocenters. The summed E-state index contributed by atoms with van der Waals surface area (Å²) in [6.45, 7) is 5.84. The summed E-state index contributed by atoms with van der Waals surface area (Å²) in [6, 6.07) is 7.94. The highest BCUT2D eigenvalue weighted by Crippen LogP contribution is 2.14. The average molecular weight is 311 g/mol. The van der Waals surface area contributed by atoms with E-state index >= 15 is 0 Å². The van der Waals surface area contributed by atoms with Gasteiger partial charge < -0.3 is 20.2 Å². The van der Waals surface area contributed by atoms with E-state index in [2.05, 4.69) is 38.2 Å². The minimum absolute atomic E-state index is 0.180. The molecular formula is C17H21N5O. The van der Waals surface area contributed by atoms with Crippen molar-refractivity contribution in [1.82, 2.24) is 25.2 Å². The topological polar surface area (TPSA) is 74.7 Å². The third-order valence-electron chi connectivity index (χ3n) is 3.95. The largest absolute Gasteiger partial charge is 0.361 e. The van der Waals surface area contributed by atoms with Crippen LogP contribution in [0.5, 0.6) is 0 Å². The molecule has 2 aromatic heterocycles. The molecule has 3 N–H and O–H groups in total. The molecule has 0 fully saturated rings. The first-order valence-corrected chi connectivity index (χ1v) is 7.76. The van der Waals surface area contributed by atoms with Gasteiger partial charge in [-0.05, 0) is 43.0 Å².